The van der Waals surface area contributed by atoms with Crippen LogP contribution in [-0.4, -0.2) is 40.1 Å². The van der Waals surface area contributed by atoms with Crippen molar-refractivity contribution < 1.29 is 14.6 Å². The molecule has 2 aromatic rings. The van der Waals surface area contributed by atoms with E-state index in [1.165, 1.54) is 4.57 Å². The molecule has 6 nitrogen and oxygen atoms in total. The maximum Gasteiger partial charge on any atom is 0.313 e. The summed E-state index contributed by atoms with van der Waals surface area (Å²) >= 11 is 1.04. The van der Waals surface area contributed by atoms with Crippen molar-refractivity contribution in [3.8, 4) is 0 Å². The minimum Gasteiger partial charge on any atom is -0.481 e. The van der Waals surface area contributed by atoms with Crippen molar-refractivity contribution in [3.63, 3.8) is 0 Å². The molecule has 0 radical (unpaired) electrons. The largest absolute Gasteiger partial charge is 0.481 e. The molecule has 0 aliphatic rings. The highest BCUT2D eigenvalue weighted by atomic mass is 32.2. The normalized spacial score (nSPS) is 12.5. The first-order valence-electron chi connectivity index (χ1n) is 6.39. The molecule has 1 aromatic carbocycles. The van der Waals surface area contributed by atoms with Crippen molar-refractivity contribution in [3.05, 3.63) is 34.6 Å². The van der Waals surface area contributed by atoms with Crippen molar-refractivity contribution in [1.82, 2.24) is 9.55 Å². The molecular weight excluding hydrogens is 292 g/mol. The van der Waals surface area contributed by atoms with Gasteiger partial charge >= 0.3 is 5.97 Å². The maximum absolute atomic E-state index is 12.6. The third kappa shape index (κ3) is 3.43. The molecule has 0 bridgehead atoms. The van der Waals surface area contributed by atoms with Crippen molar-refractivity contribution in [2.75, 3.05) is 19.5 Å². The van der Waals surface area contributed by atoms with E-state index in [2.05, 4.69) is 4.98 Å². The number of fused-ring (bicyclic) bond motifs is 1. The number of hydrogen-bond donors (Lipinski definition) is 1. The number of carboxylic acids is 1. The van der Waals surface area contributed by atoms with Gasteiger partial charge in [0.25, 0.3) is 5.56 Å². The van der Waals surface area contributed by atoms with Gasteiger partial charge in [-0.05, 0) is 19.1 Å². The Morgan fingerprint density at radius 1 is 1.48 bits per heavy atom. The Morgan fingerprint density at radius 3 is 2.86 bits per heavy atom. The van der Waals surface area contributed by atoms with Gasteiger partial charge in [-0.2, -0.15) is 0 Å². The van der Waals surface area contributed by atoms with Crippen molar-refractivity contribution in [2.45, 2.75) is 18.1 Å². The summed E-state index contributed by atoms with van der Waals surface area (Å²) < 4.78 is 6.59. The number of carbonyl (C=O) groups is 1. The van der Waals surface area contributed by atoms with Crippen LogP contribution in [0.4, 0.5) is 0 Å². The zero-order valence-electron chi connectivity index (χ0n) is 11.8. The van der Waals surface area contributed by atoms with E-state index in [1.54, 1.807) is 31.4 Å². The molecule has 1 unspecified atom stereocenters. The van der Waals surface area contributed by atoms with Gasteiger partial charge in [0.1, 0.15) is 0 Å². The molecule has 0 aliphatic heterocycles. The monoisotopic (exact) mass is 308 g/mol. The summed E-state index contributed by atoms with van der Waals surface area (Å²) in [5.74, 6) is -1.10. The molecule has 0 fully saturated rings. The lowest BCUT2D eigenvalue weighted by molar-refractivity contribution is -0.133. The maximum atomic E-state index is 12.6. The van der Waals surface area contributed by atoms with Crippen LogP contribution in [-0.2, 0) is 9.53 Å². The minimum absolute atomic E-state index is 0.148. The summed E-state index contributed by atoms with van der Waals surface area (Å²) in [5.41, 5.74) is 0.384. The Balaban J connectivity index is 2.59. The summed E-state index contributed by atoms with van der Waals surface area (Å²) in [7, 11) is 1.56. The fourth-order valence-corrected chi connectivity index (χ4v) is 2.88. The van der Waals surface area contributed by atoms with E-state index in [9.17, 15) is 9.59 Å². The van der Waals surface area contributed by atoms with E-state index in [1.807, 2.05) is 6.92 Å². The van der Waals surface area contributed by atoms with Crippen molar-refractivity contribution in [2.24, 2.45) is 0 Å². The van der Waals surface area contributed by atoms with E-state index >= 15 is 0 Å². The Kier molecular flexibility index (Phi) is 4.98. The number of carboxylic acid groups (broad SMARTS) is 1. The zero-order valence-corrected chi connectivity index (χ0v) is 12.6. The molecule has 112 valence electrons. The predicted octanol–water partition coefficient (Wildman–Crippen LogP) is 1.78. The molecule has 0 saturated heterocycles. The van der Waals surface area contributed by atoms with Crippen LogP contribution < -0.4 is 5.56 Å². The standard InChI is InChI=1S/C14H16N2O4S/c1-9(7-20-2)16-13(19)10-5-3-4-6-11(10)15-14(16)21-8-12(17)18/h3-6,9H,7-8H2,1-2H3,(H,17,18). The third-order valence-corrected chi connectivity index (χ3v) is 3.89. The van der Waals surface area contributed by atoms with Gasteiger partial charge in [0.2, 0.25) is 0 Å². The molecule has 0 spiro atoms. The highest BCUT2D eigenvalue weighted by molar-refractivity contribution is 7.99. The quantitative estimate of drug-likeness (QED) is 0.647. The van der Waals surface area contributed by atoms with Gasteiger partial charge in [0.05, 0.1) is 29.3 Å². The van der Waals surface area contributed by atoms with Crippen LogP contribution in [0.3, 0.4) is 0 Å². The lowest BCUT2D eigenvalue weighted by Gasteiger charge is -2.18. The lowest BCUT2D eigenvalue weighted by atomic mass is 10.2. The number of methoxy groups -OCH3 is 1. The average molecular weight is 308 g/mol. The molecule has 21 heavy (non-hydrogen) atoms. The van der Waals surface area contributed by atoms with Gasteiger partial charge < -0.3 is 9.84 Å². The van der Waals surface area contributed by atoms with Crippen LogP contribution >= 0.6 is 11.8 Å². The molecule has 0 aliphatic carbocycles. The molecule has 1 N–H and O–H groups in total. The van der Waals surface area contributed by atoms with Crippen LogP contribution in [0, 0.1) is 0 Å². The first-order valence-corrected chi connectivity index (χ1v) is 7.38. The fourth-order valence-electron chi connectivity index (χ4n) is 2.06. The number of para-hydroxylation sites is 1. The van der Waals surface area contributed by atoms with Crippen LogP contribution in [0.25, 0.3) is 10.9 Å². The molecule has 1 atom stereocenters. The van der Waals surface area contributed by atoms with Crippen LogP contribution in [0.5, 0.6) is 0 Å². The number of rotatable bonds is 6. The number of nitrogens with zero attached hydrogens (tertiary/aromatic N) is 2. The van der Waals surface area contributed by atoms with Gasteiger partial charge in [0, 0.05) is 7.11 Å². The van der Waals surface area contributed by atoms with Crippen molar-refractivity contribution >= 4 is 28.6 Å². The second-order valence-electron chi connectivity index (χ2n) is 4.57. The smallest absolute Gasteiger partial charge is 0.313 e. The van der Waals surface area contributed by atoms with E-state index in [0.29, 0.717) is 22.7 Å². The molecular formula is C14H16N2O4S. The lowest BCUT2D eigenvalue weighted by Crippen LogP contribution is -2.28. The third-order valence-electron chi connectivity index (χ3n) is 2.95. The molecule has 1 heterocycles. The predicted molar refractivity (Wildman–Crippen MR) is 80.9 cm³/mol. The number of thioether (sulfide) groups is 1. The highest BCUT2D eigenvalue weighted by Crippen LogP contribution is 2.21. The zero-order chi connectivity index (χ0) is 15.4. The number of ether oxygens (including phenoxy) is 1. The van der Waals surface area contributed by atoms with Crippen LogP contribution in [0.2, 0.25) is 0 Å². The Labute approximate surface area is 125 Å². The van der Waals surface area contributed by atoms with E-state index in [-0.39, 0.29) is 17.4 Å². The van der Waals surface area contributed by atoms with E-state index in [0.717, 1.165) is 11.8 Å². The first kappa shape index (κ1) is 15.5. The summed E-state index contributed by atoms with van der Waals surface area (Å²) in [6.45, 7) is 2.19. The molecule has 0 saturated carbocycles. The van der Waals surface area contributed by atoms with E-state index in [4.69, 9.17) is 9.84 Å². The second kappa shape index (κ2) is 6.73. The van der Waals surface area contributed by atoms with Gasteiger partial charge in [-0.15, -0.1) is 0 Å². The fraction of sp³-hybridized carbons (Fsp3) is 0.357. The molecule has 1 aromatic heterocycles. The summed E-state index contributed by atoms with van der Waals surface area (Å²) in [4.78, 5) is 27.8. The second-order valence-corrected chi connectivity index (χ2v) is 5.52. The van der Waals surface area contributed by atoms with Gasteiger partial charge in [-0.3, -0.25) is 14.2 Å². The molecule has 2 rings (SSSR count). The minimum atomic E-state index is -0.951. The Morgan fingerprint density at radius 2 is 2.19 bits per heavy atom. The van der Waals surface area contributed by atoms with E-state index < -0.39 is 5.97 Å². The molecule has 7 heteroatoms. The average Bonchev–Trinajstić information content (AvgIpc) is 2.45. The van der Waals surface area contributed by atoms with Crippen LogP contribution in [0.15, 0.2) is 34.2 Å². The first-order chi connectivity index (χ1) is 10.0. The van der Waals surface area contributed by atoms with Crippen LogP contribution in [0.1, 0.15) is 13.0 Å². The number of hydrogen-bond acceptors (Lipinski definition) is 5. The highest BCUT2D eigenvalue weighted by Gasteiger charge is 2.17. The Hall–Kier alpha value is -1.86. The summed E-state index contributed by atoms with van der Waals surface area (Å²) in [6.07, 6.45) is 0. The SMILES string of the molecule is COCC(C)n1c(SCC(=O)O)nc2ccccc2c1=O. The topological polar surface area (TPSA) is 81.4 Å². The van der Waals surface area contributed by atoms with Gasteiger partial charge in [-0.25, -0.2) is 4.98 Å². The van der Waals surface area contributed by atoms with Gasteiger partial charge in [0.15, 0.2) is 5.16 Å². The number of aliphatic carboxylic acids is 1. The molecule has 0 amide bonds. The van der Waals surface area contributed by atoms with Crippen molar-refractivity contribution in [1.29, 1.82) is 0 Å². The number of benzene rings is 1. The Bertz CT molecular complexity index is 714. The number of aromatic nitrogens is 2. The summed E-state index contributed by atoms with van der Waals surface area (Å²) in [6, 6.07) is 6.81. The van der Waals surface area contributed by atoms with Gasteiger partial charge in [-0.1, -0.05) is 23.9 Å². The summed E-state index contributed by atoms with van der Waals surface area (Å²) in [5, 5.41) is 9.74.